The van der Waals surface area contributed by atoms with E-state index in [1.165, 1.54) is 12.1 Å². The van der Waals surface area contributed by atoms with Gasteiger partial charge in [-0.25, -0.2) is 18.7 Å². The van der Waals surface area contributed by atoms with E-state index in [-0.39, 0.29) is 6.42 Å². The molecular weight excluding hydrogens is 358 g/mol. The van der Waals surface area contributed by atoms with Crippen molar-refractivity contribution < 1.29 is 8.78 Å². The van der Waals surface area contributed by atoms with Gasteiger partial charge in [-0.3, -0.25) is 4.98 Å². The highest BCUT2D eigenvalue weighted by atomic mass is 19.1. The van der Waals surface area contributed by atoms with Crippen LogP contribution in [-0.4, -0.2) is 15.0 Å². The zero-order valence-electron chi connectivity index (χ0n) is 14.7. The SMILES string of the molecule is Fc1ccc(Cc2ncc3c(n2)-c2ccccc2Nc2cnccc2-3)c(F)c1. The molecule has 0 unspecified atom stereocenters. The number of fused-ring (bicyclic) bond motifs is 5. The lowest BCUT2D eigenvalue weighted by Crippen LogP contribution is -2.02. The summed E-state index contributed by atoms with van der Waals surface area (Å²) >= 11 is 0. The maximum Gasteiger partial charge on any atom is 0.133 e. The van der Waals surface area contributed by atoms with Crippen LogP contribution in [0.4, 0.5) is 20.2 Å². The van der Waals surface area contributed by atoms with Gasteiger partial charge in [0.2, 0.25) is 0 Å². The molecule has 2 aromatic heterocycles. The van der Waals surface area contributed by atoms with Crippen molar-refractivity contribution in [3.8, 4) is 22.4 Å². The highest BCUT2D eigenvalue weighted by molar-refractivity contribution is 5.96. The Hall–Kier alpha value is -3.67. The van der Waals surface area contributed by atoms with Gasteiger partial charge in [0.05, 0.1) is 17.6 Å². The minimum Gasteiger partial charge on any atom is -0.353 e. The number of rotatable bonds is 2. The first-order chi connectivity index (χ1) is 13.7. The summed E-state index contributed by atoms with van der Waals surface area (Å²) < 4.78 is 27.2. The Kier molecular flexibility index (Phi) is 3.83. The van der Waals surface area contributed by atoms with Crippen LogP contribution >= 0.6 is 0 Å². The van der Waals surface area contributed by atoms with Crippen molar-refractivity contribution in [3.05, 3.63) is 90.1 Å². The van der Waals surface area contributed by atoms with E-state index in [1.807, 2.05) is 30.3 Å². The highest BCUT2D eigenvalue weighted by Gasteiger charge is 2.21. The Morgan fingerprint density at radius 2 is 1.75 bits per heavy atom. The molecule has 4 aromatic rings. The number of para-hydroxylation sites is 1. The minimum atomic E-state index is -0.602. The second kappa shape index (κ2) is 6.49. The molecule has 136 valence electrons. The lowest BCUT2D eigenvalue weighted by molar-refractivity contribution is 0.573. The van der Waals surface area contributed by atoms with E-state index in [4.69, 9.17) is 4.98 Å². The number of halogens is 2. The molecule has 0 fully saturated rings. The van der Waals surface area contributed by atoms with Crippen LogP contribution in [0.25, 0.3) is 22.4 Å². The molecule has 0 saturated carbocycles. The molecule has 0 atom stereocenters. The maximum atomic E-state index is 14.1. The van der Waals surface area contributed by atoms with Gasteiger partial charge < -0.3 is 5.32 Å². The lowest BCUT2D eigenvalue weighted by atomic mass is 10.0. The van der Waals surface area contributed by atoms with Crippen LogP contribution in [0.5, 0.6) is 0 Å². The Morgan fingerprint density at radius 1 is 0.857 bits per heavy atom. The quantitative estimate of drug-likeness (QED) is 0.467. The number of hydrogen-bond donors (Lipinski definition) is 1. The second-order valence-electron chi connectivity index (χ2n) is 6.55. The first kappa shape index (κ1) is 16.5. The summed E-state index contributed by atoms with van der Waals surface area (Å²) in [5.74, 6) is -0.733. The summed E-state index contributed by atoms with van der Waals surface area (Å²) in [4.78, 5) is 13.4. The van der Waals surface area contributed by atoms with Crippen molar-refractivity contribution in [1.29, 1.82) is 0 Å². The van der Waals surface area contributed by atoms with E-state index in [1.54, 1.807) is 18.6 Å². The van der Waals surface area contributed by atoms with Crippen molar-refractivity contribution in [2.75, 3.05) is 5.32 Å². The van der Waals surface area contributed by atoms with Crippen molar-refractivity contribution in [3.63, 3.8) is 0 Å². The summed E-state index contributed by atoms with van der Waals surface area (Å²) in [5, 5.41) is 3.40. The maximum absolute atomic E-state index is 14.1. The third kappa shape index (κ3) is 2.79. The normalized spacial score (nSPS) is 11.6. The molecule has 1 aliphatic heterocycles. The Morgan fingerprint density at radius 3 is 2.64 bits per heavy atom. The standard InChI is InChI=1S/C22H14F2N4/c23-14-6-5-13(18(24)10-14)9-21-26-11-17-15-7-8-25-12-20(15)27-19-4-2-1-3-16(19)22(17)28-21/h1-8,10-12,27H,9H2. The second-order valence-corrected chi connectivity index (χ2v) is 6.55. The van der Waals surface area contributed by atoms with Gasteiger partial charge in [-0.05, 0) is 23.8 Å². The van der Waals surface area contributed by atoms with Crippen LogP contribution in [0.2, 0.25) is 0 Å². The summed E-state index contributed by atoms with van der Waals surface area (Å²) in [5.41, 5.74) is 5.64. The fraction of sp³-hybridized carbons (Fsp3) is 0.0455. The largest absolute Gasteiger partial charge is 0.353 e. The van der Waals surface area contributed by atoms with Gasteiger partial charge in [0, 0.05) is 47.3 Å². The summed E-state index contributed by atoms with van der Waals surface area (Å²) in [6.45, 7) is 0. The van der Waals surface area contributed by atoms with E-state index < -0.39 is 11.6 Å². The van der Waals surface area contributed by atoms with Crippen LogP contribution in [0.1, 0.15) is 11.4 Å². The van der Waals surface area contributed by atoms with Crippen molar-refractivity contribution in [2.45, 2.75) is 6.42 Å². The van der Waals surface area contributed by atoms with Crippen LogP contribution < -0.4 is 5.32 Å². The molecule has 1 aliphatic rings. The molecular formula is C22H14F2N4. The monoisotopic (exact) mass is 372 g/mol. The number of benzene rings is 2. The van der Waals surface area contributed by atoms with E-state index in [0.29, 0.717) is 11.4 Å². The molecule has 0 bridgehead atoms. The average molecular weight is 372 g/mol. The highest BCUT2D eigenvalue weighted by Crippen LogP contribution is 2.42. The minimum absolute atomic E-state index is 0.179. The molecule has 0 amide bonds. The Labute approximate surface area is 160 Å². The summed E-state index contributed by atoms with van der Waals surface area (Å²) in [7, 11) is 0. The first-order valence-corrected chi connectivity index (χ1v) is 8.80. The summed E-state index contributed by atoms with van der Waals surface area (Å²) in [6, 6.07) is 13.3. The van der Waals surface area contributed by atoms with Gasteiger partial charge in [-0.15, -0.1) is 0 Å². The lowest BCUT2D eigenvalue weighted by Gasteiger charge is -2.10. The predicted molar refractivity (Wildman–Crippen MR) is 103 cm³/mol. The van der Waals surface area contributed by atoms with Gasteiger partial charge in [-0.2, -0.15) is 0 Å². The number of hydrogen-bond acceptors (Lipinski definition) is 4. The fourth-order valence-corrected chi connectivity index (χ4v) is 3.41. The topological polar surface area (TPSA) is 50.7 Å². The van der Waals surface area contributed by atoms with Crippen LogP contribution in [0.15, 0.2) is 67.1 Å². The van der Waals surface area contributed by atoms with Gasteiger partial charge >= 0.3 is 0 Å². The van der Waals surface area contributed by atoms with Crippen molar-refractivity contribution in [1.82, 2.24) is 15.0 Å². The smallest absolute Gasteiger partial charge is 0.133 e. The average Bonchev–Trinajstić information content (AvgIpc) is 2.84. The molecule has 0 saturated heterocycles. The Balaban J connectivity index is 1.67. The van der Waals surface area contributed by atoms with E-state index in [0.717, 1.165) is 39.8 Å². The predicted octanol–water partition coefficient (Wildman–Crippen LogP) is 5.13. The molecule has 4 nitrogen and oxygen atoms in total. The Bertz CT molecular complexity index is 1210. The molecule has 6 heteroatoms. The fourth-order valence-electron chi connectivity index (χ4n) is 3.41. The molecule has 0 aliphatic carbocycles. The molecule has 2 aromatic carbocycles. The first-order valence-electron chi connectivity index (χ1n) is 8.80. The molecule has 1 N–H and O–H groups in total. The number of nitrogens with one attached hydrogen (secondary N) is 1. The van der Waals surface area contributed by atoms with Crippen LogP contribution in [-0.2, 0) is 6.42 Å². The van der Waals surface area contributed by atoms with Gasteiger partial charge in [0.1, 0.15) is 17.5 Å². The van der Waals surface area contributed by atoms with Crippen molar-refractivity contribution in [2.24, 2.45) is 0 Å². The molecule has 0 radical (unpaired) electrons. The zero-order chi connectivity index (χ0) is 19.1. The van der Waals surface area contributed by atoms with Crippen LogP contribution in [0.3, 0.4) is 0 Å². The van der Waals surface area contributed by atoms with Crippen molar-refractivity contribution >= 4 is 11.4 Å². The summed E-state index contributed by atoms with van der Waals surface area (Å²) in [6.07, 6.45) is 5.42. The molecule has 3 heterocycles. The van der Waals surface area contributed by atoms with Gasteiger partial charge in [0.15, 0.2) is 0 Å². The van der Waals surface area contributed by atoms with E-state index in [9.17, 15) is 8.78 Å². The number of anilines is 2. The number of aromatic nitrogens is 3. The van der Waals surface area contributed by atoms with Gasteiger partial charge in [-0.1, -0.05) is 24.3 Å². The number of pyridine rings is 1. The van der Waals surface area contributed by atoms with Crippen LogP contribution in [0, 0.1) is 11.6 Å². The molecule has 0 spiro atoms. The van der Waals surface area contributed by atoms with E-state index in [2.05, 4.69) is 15.3 Å². The zero-order valence-corrected chi connectivity index (χ0v) is 14.7. The van der Waals surface area contributed by atoms with Gasteiger partial charge in [0.25, 0.3) is 0 Å². The molecule has 28 heavy (non-hydrogen) atoms. The molecule has 5 rings (SSSR count). The third-order valence-electron chi connectivity index (χ3n) is 4.77. The number of nitrogens with zero attached hydrogens (tertiary/aromatic N) is 3. The third-order valence-corrected chi connectivity index (χ3v) is 4.77. The van der Waals surface area contributed by atoms with E-state index >= 15 is 0 Å².